The lowest BCUT2D eigenvalue weighted by atomic mass is 9.85. The van der Waals surface area contributed by atoms with Crippen LogP contribution in [0, 0.1) is 11.8 Å². The van der Waals surface area contributed by atoms with Crippen LogP contribution in [0.2, 0.25) is 10.0 Å². The van der Waals surface area contributed by atoms with Crippen LogP contribution in [0.5, 0.6) is 0 Å². The fourth-order valence-corrected chi connectivity index (χ4v) is 3.53. The van der Waals surface area contributed by atoms with Gasteiger partial charge in [-0.2, -0.15) is 0 Å². The zero-order chi connectivity index (χ0) is 15.5. The molecule has 0 bridgehead atoms. The minimum Gasteiger partial charge on any atom is -0.465 e. The standard InChI is InChI=1S/C18H16Cl2O2/c19-15-7-13(8-16(20)10-15)9-17-14(11-22-18(17)21)6-12-4-2-1-3-5-12/h1-5,7-8,10,14,17H,6,9,11H2/t14-,17+/m0/s1. The predicted molar refractivity (Wildman–Crippen MR) is 88.3 cm³/mol. The number of esters is 1. The van der Waals surface area contributed by atoms with Gasteiger partial charge in [-0.05, 0) is 42.2 Å². The van der Waals surface area contributed by atoms with E-state index in [1.165, 1.54) is 5.56 Å². The molecule has 0 aromatic heterocycles. The quantitative estimate of drug-likeness (QED) is 0.765. The third-order valence-corrected chi connectivity index (χ3v) is 4.47. The Bertz CT molecular complexity index is 650. The summed E-state index contributed by atoms with van der Waals surface area (Å²) in [5, 5.41) is 1.18. The van der Waals surface area contributed by atoms with Crippen molar-refractivity contribution in [3.05, 3.63) is 69.7 Å². The lowest BCUT2D eigenvalue weighted by Crippen LogP contribution is -2.20. The minimum atomic E-state index is -0.144. The highest BCUT2D eigenvalue weighted by atomic mass is 35.5. The predicted octanol–water partition coefficient (Wildman–Crippen LogP) is 4.57. The number of ether oxygens (including phenoxy) is 1. The number of carbonyl (C=O) groups excluding carboxylic acids is 1. The van der Waals surface area contributed by atoms with Crippen LogP contribution in [0.1, 0.15) is 11.1 Å². The van der Waals surface area contributed by atoms with Crippen LogP contribution in [-0.4, -0.2) is 12.6 Å². The summed E-state index contributed by atoms with van der Waals surface area (Å²) < 4.78 is 5.28. The second kappa shape index (κ2) is 6.72. The molecule has 22 heavy (non-hydrogen) atoms. The zero-order valence-electron chi connectivity index (χ0n) is 12.0. The fraction of sp³-hybridized carbons (Fsp3) is 0.278. The van der Waals surface area contributed by atoms with Gasteiger partial charge in [-0.15, -0.1) is 0 Å². The number of rotatable bonds is 4. The van der Waals surface area contributed by atoms with Gasteiger partial charge in [-0.25, -0.2) is 0 Å². The van der Waals surface area contributed by atoms with E-state index in [9.17, 15) is 4.79 Å². The fourth-order valence-electron chi connectivity index (χ4n) is 2.96. The summed E-state index contributed by atoms with van der Waals surface area (Å²) >= 11 is 12.1. The van der Waals surface area contributed by atoms with E-state index in [4.69, 9.17) is 27.9 Å². The second-order valence-corrected chi connectivity index (χ2v) is 6.54. The Kier molecular flexibility index (Phi) is 4.70. The van der Waals surface area contributed by atoms with Gasteiger partial charge in [0.05, 0.1) is 12.5 Å². The van der Waals surface area contributed by atoms with Crippen LogP contribution < -0.4 is 0 Å². The van der Waals surface area contributed by atoms with Crippen molar-refractivity contribution in [2.75, 3.05) is 6.61 Å². The van der Waals surface area contributed by atoms with Crippen LogP contribution in [0.25, 0.3) is 0 Å². The number of hydrogen-bond donors (Lipinski definition) is 0. The van der Waals surface area contributed by atoms with E-state index in [2.05, 4.69) is 12.1 Å². The Morgan fingerprint density at radius 3 is 2.32 bits per heavy atom. The Hall–Kier alpha value is -1.51. The molecular weight excluding hydrogens is 319 g/mol. The van der Waals surface area contributed by atoms with Gasteiger partial charge in [0.25, 0.3) is 0 Å². The van der Waals surface area contributed by atoms with Gasteiger partial charge in [0, 0.05) is 16.0 Å². The normalized spacial score (nSPS) is 20.9. The lowest BCUT2D eigenvalue weighted by molar-refractivity contribution is -0.141. The number of carbonyl (C=O) groups is 1. The van der Waals surface area contributed by atoms with Crippen molar-refractivity contribution in [3.63, 3.8) is 0 Å². The molecule has 2 aromatic carbocycles. The van der Waals surface area contributed by atoms with Gasteiger partial charge >= 0.3 is 5.97 Å². The van der Waals surface area contributed by atoms with Crippen molar-refractivity contribution < 1.29 is 9.53 Å². The van der Waals surface area contributed by atoms with Crippen LogP contribution in [0.15, 0.2) is 48.5 Å². The molecule has 2 nitrogen and oxygen atoms in total. The molecule has 1 saturated heterocycles. The van der Waals surface area contributed by atoms with Crippen LogP contribution in [0.3, 0.4) is 0 Å². The second-order valence-electron chi connectivity index (χ2n) is 5.67. The number of halogens is 2. The van der Waals surface area contributed by atoms with Crippen molar-refractivity contribution in [2.45, 2.75) is 12.8 Å². The van der Waals surface area contributed by atoms with E-state index < -0.39 is 0 Å². The minimum absolute atomic E-state index is 0.128. The van der Waals surface area contributed by atoms with Crippen LogP contribution in [0.4, 0.5) is 0 Å². The molecule has 1 aliphatic heterocycles. The molecular formula is C18H16Cl2O2. The summed E-state index contributed by atoms with van der Waals surface area (Å²) in [7, 11) is 0. The van der Waals surface area contributed by atoms with E-state index in [-0.39, 0.29) is 17.8 Å². The first kappa shape index (κ1) is 15.4. The van der Waals surface area contributed by atoms with E-state index >= 15 is 0 Å². The highest BCUT2D eigenvalue weighted by molar-refractivity contribution is 6.34. The topological polar surface area (TPSA) is 26.3 Å². The molecule has 4 heteroatoms. The average Bonchev–Trinajstić information content (AvgIpc) is 2.80. The maximum atomic E-state index is 12.1. The highest BCUT2D eigenvalue weighted by Crippen LogP contribution is 2.30. The average molecular weight is 335 g/mol. The highest BCUT2D eigenvalue weighted by Gasteiger charge is 2.36. The summed E-state index contributed by atoms with van der Waals surface area (Å²) in [6, 6.07) is 15.6. The first-order valence-corrected chi connectivity index (χ1v) is 8.03. The molecule has 0 N–H and O–H groups in total. The SMILES string of the molecule is O=C1OC[C@H](Cc2ccccc2)[C@H]1Cc1cc(Cl)cc(Cl)c1. The van der Waals surface area contributed by atoms with E-state index in [0.717, 1.165) is 12.0 Å². The van der Waals surface area contributed by atoms with Crippen molar-refractivity contribution in [3.8, 4) is 0 Å². The molecule has 1 heterocycles. The molecule has 2 aromatic rings. The van der Waals surface area contributed by atoms with Crippen molar-refractivity contribution in [1.29, 1.82) is 0 Å². The molecule has 0 unspecified atom stereocenters. The van der Waals surface area contributed by atoms with Gasteiger partial charge in [0.15, 0.2) is 0 Å². The number of benzene rings is 2. The van der Waals surface area contributed by atoms with Gasteiger partial charge < -0.3 is 4.74 Å². The van der Waals surface area contributed by atoms with E-state index in [0.29, 0.717) is 23.1 Å². The van der Waals surface area contributed by atoms with Crippen LogP contribution >= 0.6 is 23.2 Å². The molecule has 114 valence electrons. The molecule has 0 spiro atoms. The first-order chi connectivity index (χ1) is 10.6. The summed E-state index contributed by atoms with van der Waals surface area (Å²) in [4.78, 5) is 12.1. The maximum Gasteiger partial charge on any atom is 0.309 e. The summed E-state index contributed by atoms with van der Waals surface area (Å²) in [5.74, 6) is -0.0839. The number of hydrogen-bond acceptors (Lipinski definition) is 2. The van der Waals surface area contributed by atoms with Gasteiger partial charge in [-0.1, -0.05) is 53.5 Å². The molecule has 0 amide bonds. The molecule has 0 radical (unpaired) electrons. The summed E-state index contributed by atoms with van der Waals surface area (Å²) in [6.45, 7) is 0.479. The molecule has 1 aliphatic rings. The molecule has 0 saturated carbocycles. The molecule has 3 rings (SSSR count). The van der Waals surface area contributed by atoms with Crippen molar-refractivity contribution >= 4 is 29.2 Å². The van der Waals surface area contributed by atoms with E-state index in [1.807, 2.05) is 30.3 Å². The Labute approximate surface area is 140 Å². The van der Waals surface area contributed by atoms with E-state index in [1.54, 1.807) is 6.07 Å². The summed E-state index contributed by atoms with van der Waals surface area (Å²) in [5.41, 5.74) is 2.19. The van der Waals surface area contributed by atoms with Crippen molar-refractivity contribution in [1.82, 2.24) is 0 Å². The largest absolute Gasteiger partial charge is 0.465 e. The van der Waals surface area contributed by atoms with Gasteiger partial charge in [-0.3, -0.25) is 4.79 Å². The monoisotopic (exact) mass is 334 g/mol. The van der Waals surface area contributed by atoms with Gasteiger partial charge in [0.1, 0.15) is 0 Å². The third-order valence-electron chi connectivity index (χ3n) is 4.03. The van der Waals surface area contributed by atoms with Gasteiger partial charge in [0.2, 0.25) is 0 Å². The Morgan fingerprint density at radius 2 is 1.64 bits per heavy atom. The Balaban J connectivity index is 1.76. The third kappa shape index (κ3) is 3.63. The first-order valence-electron chi connectivity index (χ1n) is 7.27. The molecule has 0 aliphatic carbocycles. The lowest BCUT2D eigenvalue weighted by Gasteiger charge is -2.15. The summed E-state index contributed by atoms with van der Waals surface area (Å²) in [6.07, 6.45) is 1.45. The maximum absolute atomic E-state index is 12.1. The number of cyclic esters (lactones) is 1. The van der Waals surface area contributed by atoms with Crippen LogP contribution in [-0.2, 0) is 22.4 Å². The Morgan fingerprint density at radius 1 is 0.955 bits per heavy atom. The zero-order valence-corrected chi connectivity index (χ0v) is 13.5. The smallest absolute Gasteiger partial charge is 0.309 e. The molecule has 2 atom stereocenters. The molecule has 1 fully saturated rings. The van der Waals surface area contributed by atoms with Crippen molar-refractivity contribution in [2.24, 2.45) is 11.8 Å².